The first-order valence-corrected chi connectivity index (χ1v) is 10.5. The van der Waals surface area contributed by atoms with Crippen LogP contribution in [0.5, 0.6) is 0 Å². The van der Waals surface area contributed by atoms with Gasteiger partial charge in [0, 0.05) is 0 Å². The number of aromatic nitrogens is 4. The van der Waals surface area contributed by atoms with Gasteiger partial charge in [0.2, 0.25) is 0 Å². The van der Waals surface area contributed by atoms with Gasteiger partial charge in [-0.05, 0) is 13.8 Å². The van der Waals surface area contributed by atoms with E-state index in [1.54, 1.807) is 6.92 Å². The zero-order chi connectivity index (χ0) is 22.2. The Kier molecular flexibility index (Phi) is 6.38. The molecule has 2 aromatic heterocycles. The lowest BCUT2D eigenvalue weighted by Crippen LogP contribution is -2.36. The van der Waals surface area contributed by atoms with Crippen LogP contribution in [0.1, 0.15) is 19.0 Å². The van der Waals surface area contributed by atoms with Gasteiger partial charge >= 0.3 is 13.6 Å². The Morgan fingerprint density at radius 1 is 1.37 bits per heavy atom. The molecule has 5 atom stereocenters. The van der Waals surface area contributed by atoms with Gasteiger partial charge in [-0.3, -0.25) is 9.13 Å². The molecule has 0 aliphatic carbocycles. The molecule has 6 N–H and O–H groups in total. The first-order valence-electron chi connectivity index (χ1n) is 8.86. The van der Waals surface area contributed by atoms with Gasteiger partial charge in [-0.25, -0.2) is 19.7 Å². The predicted octanol–water partition coefficient (Wildman–Crippen LogP) is -1.58. The minimum absolute atomic E-state index is 0.111. The van der Waals surface area contributed by atoms with Gasteiger partial charge < -0.3 is 39.9 Å². The van der Waals surface area contributed by atoms with E-state index in [1.165, 1.54) is 17.8 Å². The zero-order valence-corrected chi connectivity index (χ0v) is 16.9. The number of hydrogen-bond donors (Lipinski definition) is 5. The van der Waals surface area contributed by atoms with E-state index < -0.39 is 50.6 Å². The number of aryl methyl sites for hydroxylation is 1. The molecule has 3 heterocycles. The van der Waals surface area contributed by atoms with E-state index >= 15 is 0 Å². The maximum Gasteiger partial charge on any atom is 0.365 e. The van der Waals surface area contributed by atoms with Crippen molar-refractivity contribution in [3.8, 4) is 0 Å². The van der Waals surface area contributed by atoms with E-state index in [2.05, 4.69) is 19.7 Å². The van der Waals surface area contributed by atoms with Gasteiger partial charge in [0.25, 0.3) is 5.85 Å². The van der Waals surface area contributed by atoms with Crippen LogP contribution in [-0.4, -0.2) is 82.9 Å². The van der Waals surface area contributed by atoms with Crippen molar-refractivity contribution in [2.45, 2.75) is 44.2 Å². The summed E-state index contributed by atoms with van der Waals surface area (Å²) in [7, 11) is -5.00. The molecule has 3 rings (SSSR count). The topological polar surface area (TPSA) is 212 Å². The Morgan fingerprint density at radius 3 is 2.70 bits per heavy atom. The third-order valence-corrected chi connectivity index (χ3v) is 5.35. The zero-order valence-electron chi connectivity index (χ0n) is 16.0. The second-order valence-electron chi connectivity index (χ2n) is 6.55. The third-order valence-electron chi connectivity index (χ3n) is 4.38. The summed E-state index contributed by atoms with van der Waals surface area (Å²) in [5.41, 5.74) is 6.35. The number of nitrogen functional groups attached to an aromatic ring is 1. The lowest BCUT2D eigenvalue weighted by Gasteiger charge is -2.20. The Bertz CT molecular complexity index is 979. The van der Waals surface area contributed by atoms with Crippen molar-refractivity contribution in [3.05, 3.63) is 12.2 Å². The fourth-order valence-electron chi connectivity index (χ4n) is 3.04. The predicted molar refractivity (Wildman–Crippen MR) is 98.8 cm³/mol. The second-order valence-corrected chi connectivity index (χ2v) is 8.20. The molecule has 30 heavy (non-hydrogen) atoms. The molecule has 0 bridgehead atoms. The number of anilines is 1. The molecule has 15 heteroatoms. The van der Waals surface area contributed by atoms with Crippen LogP contribution in [0.4, 0.5) is 5.82 Å². The number of nitrogens with two attached hydrogens (primary N) is 1. The highest BCUT2D eigenvalue weighted by molar-refractivity contribution is 7.53. The molecular formula is C15H22N5O9P. The van der Waals surface area contributed by atoms with Crippen molar-refractivity contribution in [2.75, 3.05) is 18.9 Å². The lowest BCUT2D eigenvalue weighted by molar-refractivity contribution is -0.155. The third kappa shape index (κ3) is 4.30. The van der Waals surface area contributed by atoms with Crippen LogP contribution in [0.2, 0.25) is 0 Å². The molecule has 2 aromatic rings. The highest BCUT2D eigenvalue weighted by Gasteiger charge is 2.46. The molecule has 1 saturated heterocycles. The number of rotatable bonds is 7. The van der Waals surface area contributed by atoms with Crippen LogP contribution >= 0.6 is 7.60 Å². The van der Waals surface area contributed by atoms with Crippen molar-refractivity contribution >= 4 is 30.5 Å². The number of imidazole rings is 1. The fraction of sp³-hybridized carbons (Fsp3) is 0.600. The molecule has 166 valence electrons. The van der Waals surface area contributed by atoms with Crippen molar-refractivity contribution in [3.63, 3.8) is 0 Å². The normalized spacial score (nSPS) is 25.5. The van der Waals surface area contributed by atoms with Gasteiger partial charge in [0.05, 0.1) is 19.5 Å². The number of aliphatic hydroxyl groups excluding tert-OH is 2. The molecule has 1 aliphatic heterocycles. The largest absolute Gasteiger partial charge is 0.464 e. The molecule has 0 saturated carbocycles. The second kappa shape index (κ2) is 8.51. The van der Waals surface area contributed by atoms with Crippen LogP contribution in [-0.2, 0) is 23.6 Å². The molecule has 0 unspecified atom stereocenters. The molecule has 0 aromatic carbocycles. The summed E-state index contributed by atoms with van der Waals surface area (Å²) in [6.45, 7) is 2.36. The van der Waals surface area contributed by atoms with E-state index in [0.29, 0.717) is 5.82 Å². The SMILES string of the molecule is CCOC(=O)[C@@H](OC[C@@H]1O[C@H](n2cnc3c(N)nc(C)nc32)[C@@H](O)[C@H]1O)P(=O)(O)O. The number of carbonyl (C=O) groups excluding carboxylic acids is 1. The average molecular weight is 447 g/mol. The summed E-state index contributed by atoms with van der Waals surface area (Å²) >= 11 is 0. The number of fused-ring (bicyclic) bond motifs is 1. The van der Waals surface area contributed by atoms with E-state index in [9.17, 15) is 29.4 Å². The first kappa shape index (κ1) is 22.5. The number of esters is 1. The van der Waals surface area contributed by atoms with Gasteiger partial charge in [-0.1, -0.05) is 0 Å². The number of nitrogens with zero attached hydrogens (tertiary/aromatic N) is 4. The number of hydrogen-bond acceptors (Lipinski definition) is 11. The Balaban J connectivity index is 1.79. The molecule has 0 amide bonds. The van der Waals surface area contributed by atoms with Gasteiger partial charge in [0.1, 0.15) is 29.7 Å². The van der Waals surface area contributed by atoms with Gasteiger partial charge in [0.15, 0.2) is 17.7 Å². The molecule has 0 radical (unpaired) electrons. The number of ether oxygens (including phenoxy) is 3. The highest BCUT2D eigenvalue weighted by atomic mass is 31.2. The maximum absolute atomic E-state index is 11.8. The van der Waals surface area contributed by atoms with E-state index in [4.69, 9.17) is 15.2 Å². The quantitative estimate of drug-likeness (QED) is 0.240. The van der Waals surface area contributed by atoms with Crippen molar-refractivity contribution in [1.29, 1.82) is 0 Å². The summed E-state index contributed by atoms with van der Waals surface area (Å²) in [5, 5.41) is 20.7. The fourth-order valence-corrected chi connectivity index (χ4v) is 3.67. The summed E-state index contributed by atoms with van der Waals surface area (Å²) < 4.78 is 28.1. The van der Waals surface area contributed by atoms with Crippen molar-refractivity contribution in [2.24, 2.45) is 0 Å². The minimum Gasteiger partial charge on any atom is -0.464 e. The van der Waals surface area contributed by atoms with E-state index in [1.807, 2.05) is 0 Å². The summed E-state index contributed by atoms with van der Waals surface area (Å²) in [6, 6.07) is 0. The first-order chi connectivity index (χ1) is 14.0. The van der Waals surface area contributed by atoms with Crippen molar-refractivity contribution < 1.29 is 43.6 Å². The smallest absolute Gasteiger partial charge is 0.365 e. The molecule has 1 fully saturated rings. The van der Waals surface area contributed by atoms with Crippen LogP contribution in [0, 0.1) is 6.92 Å². The number of aliphatic hydroxyl groups is 2. The van der Waals surface area contributed by atoms with Crippen LogP contribution < -0.4 is 5.73 Å². The molecular weight excluding hydrogens is 425 g/mol. The van der Waals surface area contributed by atoms with E-state index in [0.717, 1.165) is 0 Å². The Hall–Kier alpha value is -2.19. The Labute approximate surface area is 169 Å². The highest BCUT2D eigenvalue weighted by Crippen LogP contribution is 2.43. The lowest BCUT2D eigenvalue weighted by atomic mass is 10.1. The standard InChI is InChI=1S/C15H22N5O9P/c1-3-27-14(23)15(30(24,25)26)28-4-7-9(21)10(22)13(29-7)20-5-17-8-11(16)18-6(2)19-12(8)20/h5,7,9-10,13,15,21-22H,3-4H2,1-2H3,(H2,16,18,19)(H2,24,25,26)/t7-,9-,10-,13-,15-/m0/s1. The summed E-state index contributed by atoms with van der Waals surface area (Å²) in [6.07, 6.45) is -4.01. The van der Waals surface area contributed by atoms with E-state index in [-0.39, 0.29) is 23.6 Å². The van der Waals surface area contributed by atoms with Gasteiger partial charge in [-0.2, -0.15) is 0 Å². The number of carbonyl (C=O) groups is 1. The van der Waals surface area contributed by atoms with Crippen LogP contribution in [0.15, 0.2) is 6.33 Å². The molecule has 0 spiro atoms. The minimum atomic E-state index is -5.00. The Morgan fingerprint density at radius 2 is 2.07 bits per heavy atom. The monoisotopic (exact) mass is 447 g/mol. The van der Waals surface area contributed by atoms with Crippen LogP contribution in [0.25, 0.3) is 11.2 Å². The maximum atomic E-state index is 11.8. The van der Waals surface area contributed by atoms with Crippen LogP contribution in [0.3, 0.4) is 0 Å². The van der Waals surface area contributed by atoms with Gasteiger partial charge in [-0.15, -0.1) is 0 Å². The molecule has 14 nitrogen and oxygen atoms in total. The van der Waals surface area contributed by atoms with Crippen molar-refractivity contribution in [1.82, 2.24) is 19.5 Å². The summed E-state index contributed by atoms with van der Waals surface area (Å²) in [4.78, 5) is 42.7. The molecule has 1 aliphatic rings. The summed E-state index contributed by atoms with van der Waals surface area (Å²) in [5.74, 6) is -2.95. The average Bonchev–Trinajstić information content (AvgIpc) is 3.17.